The van der Waals surface area contributed by atoms with E-state index in [0.29, 0.717) is 0 Å². The molecule has 1 aromatic carbocycles. The fourth-order valence-corrected chi connectivity index (χ4v) is 2.06. The standard InChI is InChI=1S/C13H18ClNO/c1-10-7-11(3-4-12(10)14)8-15-13(2)5-6-16-9-13/h3-4,7,15H,5-6,8-9H2,1-2H3. The van der Waals surface area contributed by atoms with Crippen LogP contribution in [0.3, 0.4) is 0 Å². The van der Waals surface area contributed by atoms with E-state index in [-0.39, 0.29) is 5.54 Å². The molecule has 1 heterocycles. The van der Waals surface area contributed by atoms with Crippen molar-refractivity contribution in [2.24, 2.45) is 0 Å². The second-order valence-electron chi connectivity index (χ2n) is 4.80. The summed E-state index contributed by atoms with van der Waals surface area (Å²) < 4.78 is 5.41. The molecule has 0 aromatic heterocycles. The van der Waals surface area contributed by atoms with Crippen molar-refractivity contribution in [2.75, 3.05) is 13.2 Å². The molecule has 0 radical (unpaired) electrons. The molecule has 1 aliphatic rings. The highest BCUT2D eigenvalue weighted by molar-refractivity contribution is 6.31. The molecular formula is C13H18ClNO. The molecule has 1 aromatic rings. The molecule has 0 spiro atoms. The first-order chi connectivity index (χ1) is 7.59. The third-order valence-corrected chi connectivity index (χ3v) is 3.58. The largest absolute Gasteiger partial charge is 0.379 e. The van der Waals surface area contributed by atoms with Gasteiger partial charge in [-0.2, -0.15) is 0 Å². The van der Waals surface area contributed by atoms with Crippen LogP contribution in [0.15, 0.2) is 18.2 Å². The van der Waals surface area contributed by atoms with Crippen LogP contribution in [-0.4, -0.2) is 18.8 Å². The van der Waals surface area contributed by atoms with E-state index in [0.717, 1.165) is 36.8 Å². The van der Waals surface area contributed by atoms with Gasteiger partial charge in [-0.1, -0.05) is 23.7 Å². The lowest BCUT2D eigenvalue weighted by molar-refractivity contribution is 0.171. The Bertz CT molecular complexity index is 372. The number of halogens is 1. The molecule has 16 heavy (non-hydrogen) atoms. The van der Waals surface area contributed by atoms with Gasteiger partial charge in [-0.3, -0.25) is 0 Å². The molecule has 3 heteroatoms. The molecule has 1 unspecified atom stereocenters. The van der Waals surface area contributed by atoms with Crippen LogP contribution in [0.25, 0.3) is 0 Å². The summed E-state index contributed by atoms with van der Waals surface area (Å²) in [4.78, 5) is 0. The minimum absolute atomic E-state index is 0.132. The van der Waals surface area contributed by atoms with Gasteiger partial charge in [-0.05, 0) is 37.5 Å². The summed E-state index contributed by atoms with van der Waals surface area (Å²) in [6, 6.07) is 6.16. The van der Waals surface area contributed by atoms with Crippen molar-refractivity contribution in [1.29, 1.82) is 0 Å². The van der Waals surface area contributed by atoms with Gasteiger partial charge >= 0.3 is 0 Å². The molecule has 1 N–H and O–H groups in total. The lowest BCUT2D eigenvalue weighted by Crippen LogP contribution is -2.42. The van der Waals surface area contributed by atoms with Crippen molar-refractivity contribution >= 4 is 11.6 Å². The van der Waals surface area contributed by atoms with Gasteiger partial charge in [-0.25, -0.2) is 0 Å². The van der Waals surface area contributed by atoms with Gasteiger partial charge in [0.2, 0.25) is 0 Å². The summed E-state index contributed by atoms with van der Waals surface area (Å²) in [5.41, 5.74) is 2.54. The van der Waals surface area contributed by atoms with Crippen molar-refractivity contribution in [3.05, 3.63) is 34.3 Å². The lowest BCUT2D eigenvalue weighted by atomic mass is 10.0. The van der Waals surface area contributed by atoms with Gasteiger partial charge < -0.3 is 10.1 Å². The van der Waals surface area contributed by atoms with E-state index in [2.05, 4.69) is 24.4 Å². The number of nitrogens with one attached hydrogen (secondary N) is 1. The number of benzene rings is 1. The third-order valence-electron chi connectivity index (χ3n) is 3.16. The van der Waals surface area contributed by atoms with Crippen molar-refractivity contribution < 1.29 is 4.74 Å². The molecule has 1 aliphatic heterocycles. The van der Waals surface area contributed by atoms with E-state index in [1.165, 1.54) is 5.56 Å². The smallest absolute Gasteiger partial charge is 0.0646 e. The molecule has 88 valence electrons. The second kappa shape index (κ2) is 4.74. The minimum atomic E-state index is 0.132. The Balaban J connectivity index is 1.96. The van der Waals surface area contributed by atoms with Gasteiger partial charge in [0.1, 0.15) is 0 Å². The van der Waals surface area contributed by atoms with Crippen LogP contribution in [0.4, 0.5) is 0 Å². The zero-order valence-electron chi connectivity index (χ0n) is 9.85. The second-order valence-corrected chi connectivity index (χ2v) is 5.21. The highest BCUT2D eigenvalue weighted by Gasteiger charge is 2.28. The molecule has 0 aliphatic carbocycles. The first-order valence-electron chi connectivity index (χ1n) is 5.67. The summed E-state index contributed by atoms with van der Waals surface area (Å²) >= 11 is 5.99. The van der Waals surface area contributed by atoms with Crippen LogP contribution in [0, 0.1) is 6.92 Å². The Morgan fingerprint density at radius 2 is 2.31 bits per heavy atom. The minimum Gasteiger partial charge on any atom is -0.379 e. The molecule has 0 bridgehead atoms. The predicted octanol–water partition coefficient (Wildman–Crippen LogP) is 2.92. The monoisotopic (exact) mass is 239 g/mol. The van der Waals surface area contributed by atoms with Gasteiger partial charge in [0, 0.05) is 23.7 Å². The maximum absolute atomic E-state index is 5.99. The normalized spacial score (nSPS) is 24.9. The molecular weight excluding hydrogens is 222 g/mol. The Kier molecular flexibility index (Phi) is 3.53. The number of rotatable bonds is 3. The molecule has 0 saturated carbocycles. The highest BCUT2D eigenvalue weighted by atomic mass is 35.5. The third kappa shape index (κ3) is 2.76. The predicted molar refractivity (Wildman–Crippen MR) is 66.9 cm³/mol. The van der Waals surface area contributed by atoms with E-state index >= 15 is 0 Å². The number of hydrogen-bond donors (Lipinski definition) is 1. The molecule has 1 atom stereocenters. The summed E-state index contributed by atoms with van der Waals surface area (Å²) in [5, 5.41) is 4.39. The van der Waals surface area contributed by atoms with E-state index in [9.17, 15) is 0 Å². The molecule has 1 fully saturated rings. The van der Waals surface area contributed by atoms with Crippen molar-refractivity contribution in [1.82, 2.24) is 5.32 Å². The maximum atomic E-state index is 5.99. The van der Waals surface area contributed by atoms with E-state index < -0.39 is 0 Å². The van der Waals surface area contributed by atoms with Crippen molar-refractivity contribution in [2.45, 2.75) is 32.4 Å². The van der Waals surface area contributed by atoms with Crippen LogP contribution in [0.2, 0.25) is 5.02 Å². The lowest BCUT2D eigenvalue weighted by Gasteiger charge is -2.23. The molecule has 2 nitrogen and oxygen atoms in total. The fraction of sp³-hybridized carbons (Fsp3) is 0.538. The van der Waals surface area contributed by atoms with Gasteiger partial charge in [0.15, 0.2) is 0 Å². The first kappa shape index (κ1) is 11.9. The summed E-state index contributed by atoms with van der Waals surface area (Å²) in [5.74, 6) is 0. The number of ether oxygens (including phenoxy) is 1. The van der Waals surface area contributed by atoms with Gasteiger partial charge in [-0.15, -0.1) is 0 Å². The zero-order chi connectivity index (χ0) is 11.6. The quantitative estimate of drug-likeness (QED) is 0.876. The summed E-state index contributed by atoms with van der Waals surface area (Å²) in [7, 11) is 0. The van der Waals surface area contributed by atoms with Crippen molar-refractivity contribution in [3.63, 3.8) is 0 Å². The van der Waals surface area contributed by atoms with E-state index in [4.69, 9.17) is 16.3 Å². The summed E-state index contributed by atoms with van der Waals surface area (Å²) in [6.45, 7) is 6.79. The van der Waals surface area contributed by atoms with E-state index in [1.807, 2.05) is 13.0 Å². The van der Waals surface area contributed by atoms with Gasteiger partial charge in [0.25, 0.3) is 0 Å². The Morgan fingerprint density at radius 3 is 2.94 bits per heavy atom. The first-order valence-corrected chi connectivity index (χ1v) is 6.05. The SMILES string of the molecule is Cc1cc(CNC2(C)CCOC2)ccc1Cl. The maximum Gasteiger partial charge on any atom is 0.0646 e. The molecule has 0 amide bonds. The van der Waals surface area contributed by atoms with Crippen LogP contribution < -0.4 is 5.32 Å². The topological polar surface area (TPSA) is 21.3 Å². The number of hydrogen-bond acceptors (Lipinski definition) is 2. The van der Waals surface area contributed by atoms with Crippen LogP contribution >= 0.6 is 11.6 Å². The average molecular weight is 240 g/mol. The van der Waals surface area contributed by atoms with Crippen LogP contribution in [-0.2, 0) is 11.3 Å². The number of aryl methyl sites for hydroxylation is 1. The summed E-state index contributed by atoms with van der Waals surface area (Å²) in [6.07, 6.45) is 1.08. The highest BCUT2D eigenvalue weighted by Crippen LogP contribution is 2.20. The molecule has 1 saturated heterocycles. The zero-order valence-corrected chi connectivity index (χ0v) is 10.6. The molecule has 2 rings (SSSR count). The Hall–Kier alpha value is -0.570. The van der Waals surface area contributed by atoms with Gasteiger partial charge in [0.05, 0.1) is 6.61 Å². The Labute approximate surface area is 102 Å². The fourth-order valence-electron chi connectivity index (χ4n) is 1.94. The van der Waals surface area contributed by atoms with Crippen LogP contribution in [0.1, 0.15) is 24.5 Å². The van der Waals surface area contributed by atoms with Crippen LogP contribution in [0.5, 0.6) is 0 Å². The Morgan fingerprint density at radius 1 is 1.50 bits per heavy atom. The van der Waals surface area contributed by atoms with Crippen molar-refractivity contribution in [3.8, 4) is 0 Å². The van der Waals surface area contributed by atoms with E-state index in [1.54, 1.807) is 0 Å². The average Bonchev–Trinajstić information content (AvgIpc) is 2.68.